The summed E-state index contributed by atoms with van der Waals surface area (Å²) in [6.45, 7) is 0.435. The third-order valence-electron chi connectivity index (χ3n) is 2.86. The summed E-state index contributed by atoms with van der Waals surface area (Å²) in [7, 11) is 0. The van der Waals surface area contributed by atoms with Crippen molar-refractivity contribution in [3.63, 3.8) is 0 Å². The van der Waals surface area contributed by atoms with Gasteiger partial charge in [-0.25, -0.2) is 4.98 Å². The van der Waals surface area contributed by atoms with E-state index in [2.05, 4.69) is 9.97 Å². The highest BCUT2D eigenvalue weighted by Gasteiger charge is 2.02. The molecule has 2 heterocycles. The Morgan fingerprint density at radius 1 is 1.16 bits per heavy atom. The fraction of sp³-hybridized carbons (Fsp3) is 0.0667. The van der Waals surface area contributed by atoms with E-state index in [0.29, 0.717) is 17.9 Å². The number of nitrogens with zero attached hydrogens (tertiary/aromatic N) is 1. The molecular formula is C15H12N2O2. The third-order valence-corrected chi connectivity index (χ3v) is 2.86. The van der Waals surface area contributed by atoms with Gasteiger partial charge in [0.1, 0.15) is 6.61 Å². The zero-order valence-corrected chi connectivity index (χ0v) is 10.2. The van der Waals surface area contributed by atoms with Gasteiger partial charge in [-0.3, -0.25) is 4.79 Å². The van der Waals surface area contributed by atoms with Crippen molar-refractivity contribution in [3.05, 3.63) is 70.8 Å². The molecule has 94 valence electrons. The van der Waals surface area contributed by atoms with Crippen molar-refractivity contribution in [3.8, 4) is 5.88 Å². The molecule has 0 amide bonds. The minimum absolute atomic E-state index is 0.135. The monoisotopic (exact) mass is 252 g/mol. The molecule has 1 N–H and O–H groups in total. The van der Waals surface area contributed by atoms with E-state index in [-0.39, 0.29) is 5.56 Å². The van der Waals surface area contributed by atoms with E-state index < -0.39 is 0 Å². The lowest BCUT2D eigenvalue weighted by molar-refractivity contribution is 0.294. The number of H-pyrrole nitrogens is 1. The predicted octanol–water partition coefficient (Wildman–Crippen LogP) is 2.50. The maximum absolute atomic E-state index is 11.7. The van der Waals surface area contributed by atoms with Gasteiger partial charge < -0.3 is 9.72 Å². The van der Waals surface area contributed by atoms with Crippen LogP contribution in [0.5, 0.6) is 5.88 Å². The topological polar surface area (TPSA) is 55.0 Å². The second-order valence-corrected chi connectivity index (χ2v) is 4.19. The first kappa shape index (κ1) is 11.5. The Hall–Kier alpha value is -2.62. The van der Waals surface area contributed by atoms with E-state index in [1.165, 1.54) is 0 Å². The van der Waals surface area contributed by atoms with Gasteiger partial charge in [-0.15, -0.1) is 0 Å². The molecule has 0 saturated heterocycles. The largest absolute Gasteiger partial charge is 0.473 e. The second-order valence-electron chi connectivity index (χ2n) is 4.19. The first-order valence-electron chi connectivity index (χ1n) is 5.97. The second kappa shape index (κ2) is 4.94. The van der Waals surface area contributed by atoms with Gasteiger partial charge in [-0.1, -0.05) is 30.3 Å². The third kappa shape index (κ3) is 2.47. The summed E-state index contributed by atoms with van der Waals surface area (Å²) in [5, 5.41) is 1.39. The molecule has 19 heavy (non-hydrogen) atoms. The van der Waals surface area contributed by atoms with Crippen LogP contribution >= 0.6 is 0 Å². The Morgan fingerprint density at radius 2 is 2.00 bits per heavy atom. The van der Waals surface area contributed by atoms with Crippen LogP contribution in [0.15, 0.2) is 59.7 Å². The Kier molecular flexibility index (Phi) is 2.98. The summed E-state index contributed by atoms with van der Waals surface area (Å²) in [5.74, 6) is 0.452. The van der Waals surface area contributed by atoms with Crippen molar-refractivity contribution in [2.24, 2.45) is 0 Å². The maximum atomic E-state index is 11.7. The summed E-state index contributed by atoms with van der Waals surface area (Å²) in [6, 6.07) is 13.3. The predicted molar refractivity (Wildman–Crippen MR) is 73.1 cm³/mol. The van der Waals surface area contributed by atoms with E-state index in [4.69, 9.17) is 4.74 Å². The molecule has 0 fully saturated rings. The molecule has 4 nitrogen and oxygen atoms in total. The number of hydrogen-bond acceptors (Lipinski definition) is 3. The molecule has 0 aliphatic carbocycles. The van der Waals surface area contributed by atoms with Crippen molar-refractivity contribution in [2.45, 2.75) is 6.61 Å². The molecule has 0 saturated carbocycles. The van der Waals surface area contributed by atoms with Crippen LogP contribution in [0.1, 0.15) is 5.56 Å². The zero-order valence-electron chi connectivity index (χ0n) is 10.2. The van der Waals surface area contributed by atoms with Crippen molar-refractivity contribution in [2.75, 3.05) is 0 Å². The highest BCUT2D eigenvalue weighted by Crippen LogP contribution is 2.15. The standard InChI is InChI=1S/C15H12N2O2/c18-15-13-8-14(17-9-12(13)6-7-16-15)19-10-11-4-2-1-3-5-11/h1-9H,10H2,(H,16,18). The molecule has 1 aromatic carbocycles. The minimum Gasteiger partial charge on any atom is -0.473 e. The van der Waals surface area contributed by atoms with E-state index in [1.807, 2.05) is 36.4 Å². The SMILES string of the molecule is O=c1[nH]ccc2cnc(OCc3ccccc3)cc12. The molecule has 0 aliphatic rings. The van der Waals surface area contributed by atoms with Crippen LogP contribution in [0, 0.1) is 0 Å². The van der Waals surface area contributed by atoms with Crippen LogP contribution < -0.4 is 10.3 Å². The normalized spacial score (nSPS) is 10.5. The van der Waals surface area contributed by atoms with Crippen LogP contribution in [0.4, 0.5) is 0 Å². The van der Waals surface area contributed by atoms with Crippen molar-refractivity contribution in [1.82, 2.24) is 9.97 Å². The van der Waals surface area contributed by atoms with Crippen molar-refractivity contribution < 1.29 is 4.74 Å². The molecule has 4 heteroatoms. The van der Waals surface area contributed by atoms with E-state index in [0.717, 1.165) is 10.9 Å². The molecule has 0 unspecified atom stereocenters. The van der Waals surface area contributed by atoms with Gasteiger partial charge in [-0.05, 0) is 11.6 Å². The first-order valence-corrected chi connectivity index (χ1v) is 5.97. The Bertz CT molecular complexity index is 751. The average molecular weight is 252 g/mol. The molecular weight excluding hydrogens is 240 g/mol. The zero-order chi connectivity index (χ0) is 13.1. The molecule has 0 spiro atoms. The van der Waals surface area contributed by atoms with Gasteiger partial charge in [0.2, 0.25) is 5.88 Å². The van der Waals surface area contributed by atoms with Gasteiger partial charge >= 0.3 is 0 Å². The van der Waals surface area contributed by atoms with Gasteiger partial charge in [0.25, 0.3) is 5.56 Å². The molecule has 0 radical (unpaired) electrons. The Labute approximate surface area is 109 Å². The van der Waals surface area contributed by atoms with E-state index in [1.54, 1.807) is 18.5 Å². The molecule has 3 aromatic rings. The fourth-order valence-corrected chi connectivity index (χ4v) is 1.87. The van der Waals surface area contributed by atoms with Crippen LogP contribution in [0.3, 0.4) is 0 Å². The summed E-state index contributed by atoms with van der Waals surface area (Å²) < 4.78 is 5.59. The van der Waals surface area contributed by atoms with E-state index in [9.17, 15) is 4.79 Å². The lowest BCUT2D eigenvalue weighted by atomic mass is 10.2. The average Bonchev–Trinajstić information content (AvgIpc) is 2.47. The van der Waals surface area contributed by atoms with Crippen molar-refractivity contribution >= 4 is 10.8 Å². The number of aromatic amines is 1. The number of ether oxygens (including phenoxy) is 1. The van der Waals surface area contributed by atoms with Gasteiger partial charge in [0.15, 0.2) is 0 Å². The van der Waals surface area contributed by atoms with Crippen LogP contribution in [-0.4, -0.2) is 9.97 Å². The van der Waals surface area contributed by atoms with Crippen LogP contribution in [0.2, 0.25) is 0 Å². The number of hydrogen-bond donors (Lipinski definition) is 1. The summed E-state index contributed by atoms with van der Waals surface area (Å²) in [4.78, 5) is 18.5. The smallest absolute Gasteiger partial charge is 0.256 e. The number of pyridine rings is 2. The number of nitrogens with one attached hydrogen (secondary N) is 1. The van der Waals surface area contributed by atoms with Crippen molar-refractivity contribution in [1.29, 1.82) is 0 Å². The molecule has 2 aromatic heterocycles. The quantitative estimate of drug-likeness (QED) is 0.779. The van der Waals surface area contributed by atoms with Crippen LogP contribution in [0.25, 0.3) is 10.8 Å². The highest BCUT2D eigenvalue weighted by atomic mass is 16.5. The van der Waals surface area contributed by atoms with Crippen LogP contribution in [-0.2, 0) is 6.61 Å². The highest BCUT2D eigenvalue weighted by molar-refractivity contribution is 5.81. The summed E-state index contributed by atoms with van der Waals surface area (Å²) in [5.41, 5.74) is 0.927. The fourth-order valence-electron chi connectivity index (χ4n) is 1.87. The van der Waals surface area contributed by atoms with Gasteiger partial charge in [0, 0.05) is 23.8 Å². The molecule has 3 rings (SSSR count). The maximum Gasteiger partial charge on any atom is 0.256 e. The lowest BCUT2D eigenvalue weighted by Crippen LogP contribution is -2.05. The number of benzene rings is 1. The Balaban J connectivity index is 1.86. The lowest BCUT2D eigenvalue weighted by Gasteiger charge is -2.05. The molecule has 0 atom stereocenters. The Morgan fingerprint density at radius 3 is 2.84 bits per heavy atom. The first-order chi connectivity index (χ1) is 9.33. The van der Waals surface area contributed by atoms with E-state index >= 15 is 0 Å². The number of rotatable bonds is 3. The minimum atomic E-state index is -0.135. The molecule has 0 aliphatic heterocycles. The number of aromatic nitrogens is 2. The summed E-state index contributed by atoms with van der Waals surface area (Å²) >= 11 is 0. The van der Waals surface area contributed by atoms with Gasteiger partial charge in [0.05, 0.1) is 5.39 Å². The van der Waals surface area contributed by atoms with Gasteiger partial charge in [-0.2, -0.15) is 0 Å². The molecule has 0 bridgehead atoms. The number of fused-ring (bicyclic) bond motifs is 1. The summed E-state index contributed by atoms with van der Waals surface area (Å²) in [6.07, 6.45) is 3.25.